The molecule has 7 nitrogen and oxygen atoms in total. The molecular weight excluding hydrogens is 426 g/mol. The standard InChI is InChI=1S/C27H25N5O2/c28-17-19-4-7-24-20(14-19)2-1-3-26(24)34-23-6-5-21-18-30-32(25(21)16-23)22-8-9-29-27(15-22)31-10-12-33-13-11-31/h4-9,14-16,18,26H,1-3,10-13H2/t26-/m0/s1. The SMILES string of the molecule is N#Cc1ccc2c(c1)CCC[C@@H]2Oc1ccc2cnn(-c3ccnc(N4CCOCC4)c3)c2c1. The number of hydrogen-bond acceptors (Lipinski definition) is 6. The van der Waals surface area contributed by atoms with Crippen molar-refractivity contribution in [1.29, 1.82) is 5.26 Å². The van der Waals surface area contributed by atoms with Crippen molar-refractivity contribution < 1.29 is 9.47 Å². The number of anilines is 1. The summed E-state index contributed by atoms with van der Waals surface area (Å²) in [5.41, 5.74) is 5.07. The van der Waals surface area contributed by atoms with Gasteiger partial charge in [-0.05, 0) is 60.7 Å². The maximum atomic E-state index is 9.23. The maximum absolute atomic E-state index is 9.23. The molecule has 1 aliphatic heterocycles. The molecule has 0 amide bonds. The lowest BCUT2D eigenvalue weighted by Crippen LogP contribution is -2.36. The molecule has 1 aliphatic carbocycles. The summed E-state index contributed by atoms with van der Waals surface area (Å²) < 4.78 is 13.9. The number of fused-ring (bicyclic) bond motifs is 2. The van der Waals surface area contributed by atoms with E-state index in [1.807, 2.05) is 47.4 Å². The Kier molecular flexibility index (Phi) is 5.36. The Balaban J connectivity index is 1.31. The zero-order valence-corrected chi connectivity index (χ0v) is 18.9. The first-order chi connectivity index (χ1) is 16.8. The molecular formula is C27H25N5O2. The summed E-state index contributed by atoms with van der Waals surface area (Å²) in [7, 11) is 0. The van der Waals surface area contributed by atoms with E-state index in [2.05, 4.69) is 39.3 Å². The number of aryl methyl sites for hydroxylation is 1. The predicted molar refractivity (Wildman–Crippen MR) is 129 cm³/mol. The Labute approximate surface area is 198 Å². The molecule has 1 atom stereocenters. The fraction of sp³-hybridized carbons (Fsp3) is 0.296. The van der Waals surface area contributed by atoms with Gasteiger partial charge in [0.25, 0.3) is 0 Å². The lowest BCUT2D eigenvalue weighted by atomic mass is 9.88. The molecule has 0 unspecified atom stereocenters. The number of aromatic nitrogens is 3. The molecule has 0 bridgehead atoms. The minimum atomic E-state index is -0.0147. The van der Waals surface area contributed by atoms with Gasteiger partial charge >= 0.3 is 0 Å². The fourth-order valence-electron chi connectivity index (χ4n) is 4.91. The van der Waals surface area contributed by atoms with Gasteiger partial charge in [-0.2, -0.15) is 10.4 Å². The molecule has 1 fully saturated rings. The first-order valence-corrected chi connectivity index (χ1v) is 11.7. The molecule has 0 saturated carbocycles. The molecule has 2 aliphatic rings. The van der Waals surface area contributed by atoms with Crippen molar-refractivity contribution in [3.8, 4) is 17.5 Å². The molecule has 34 heavy (non-hydrogen) atoms. The lowest BCUT2D eigenvalue weighted by Gasteiger charge is -2.28. The van der Waals surface area contributed by atoms with Gasteiger partial charge in [0, 0.05) is 36.8 Å². The number of morpholine rings is 1. The molecule has 0 N–H and O–H groups in total. The second-order valence-corrected chi connectivity index (χ2v) is 8.77. The van der Waals surface area contributed by atoms with Crippen molar-refractivity contribution in [2.45, 2.75) is 25.4 Å². The first-order valence-electron chi connectivity index (χ1n) is 11.7. The number of nitriles is 1. The van der Waals surface area contributed by atoms with Gasteiger partial charge in [0.05, 0.1) is 42.2 Å². The quantitative estimate of drug-likeness (QED) is 0.452. The molecule has 7 heteroatoms. The molecule has 2 aromatic heterocycles. The molecule has 1 saturated heterocycles. The van der Waals surface area contributed by atoms with Gasteiger partial charge in [-0.15, -0.1) is 0 Å². The predicted octanol–water partition coefficient (Wildman–Crippen LogP) is 4.59. The van der Waals surface area contributed by atoms with Gasteiger partial charge in [-0.25, -0.2) is 9.67 Å². The summed E-state index contributed by atoms with van der Waals surface area (Å²) >= 11 is 0. The second-order valence-electron chi connectivity index (χ2n) is 8.77. The Morgan fingerprint density at radius 2 is 1.97 bits per heavy atom. The third kappa shape index (κ3) is 3.87. The number of hydrogen-bond donors (Lipinski definition) is 0. The van der Waals surface area contributed by atoms with Crippen molar-refractivity contribution in [1.82, 2.24) is 14.8 Å². The van der Waals surface area contributed by atoms with Gasteiger partial charge in [0.15, 0.2) is 0 Å². The molecule has 4 aromatic rings. The van der Waals surface area contributed by atoms with Gasteiger partial charge in [0.2, 0.25) is 0 Å². The zero-order chi connectivity index (χ0) is 22.9. The highest BCUT2D eigenvalue weighted by atomic mass is 16.5. The van der Waals surface area contributed by atoms with Gasteiger partial charge in [0.1, 0.15) is 17.7 Å². The van der Waals surface area contributed by atoms with Crippen LogP contribution in [0.15, 0.2) is 60.9 Å². The van der Waals surface area contributed by atoms with Crippen LogP contribution < -0.4 is 9.64 Å². The van der Waals surface area contributed by atoms with Crippen LogP contribution in [0, 0.1) is 11.3 Å². The van der Waals surface area contributed by atoms with E-state index in [0.29, 0.717) is 5.56 Å². The number of benzene rings is 2. The fourth-order valence-corrected chi connectivity index (χ4v) is 4.91. The van der Waals surface area contributed by atoms with Crippen LogP contribution in [0.25, 0.3) is 16.6 Å². The van der Waals surface area contributed by atoms with E-state index in [-0.39, 0.29) is 6.10 Å². The van der Waals surface area contributed by atoms with Crippen LogP contribution in [0.4, 0.5) is 5.82 Å². The molecule has 6 rings (SSSR count). The van der Waals surface area contributed by atoms with Gasteiger partial charge < -0.3 is 14.4 Å². The molecule has 170 valence electrons. The van der Waals surface area contributed by atoms with Crippen molar-refractivity contribution >= 4 is 16.7 Å². The Hall–Kier alpha value is -3.89. The smallest absolute Gasteiger partial charge is 0.130 e. The first kappa shape index (κ1) is 20.7. The summed E-state index contributed by atoms with van der Waals surface area (Å²) in [6.45, 7) is 3.12. The van der Waals surface area contributed by atoms with E-state index in [1.165, 1.54) is 11.1 Å². The summed E-state index contributed by atoms with van der Waals surface area (Å²) in [5, 5.41) is 14.9. The van der Waals surface area contributed by atoms with E-state index in [4.69, 9.17) is 9.47 Å². The topological polar surface area (TPSA) is 76.2 Å². The van der Waals surface area contributed by atoms with E-state index in [9.17, 15) is 5.26 Å². The zero-order valence-electron chi connectivity index (χ0n) is 18.9. The van der Waals surface area contributed by atoms with Crippen LogP contribution in [0.5, 0.6) is 5.75 Å². The van der Waals surface area contributed by atoms with Crippen LogP contribution in [0.3, 0.4) is 0 Å². The average molecular weight is 452 g/mol. The highest BCUT2D eigenvalue weighted by Gasteiger charge is 2.22. The number of rotatable bonds is 4. The third-order valence-electron chi connectivity index (χ3n) is 6.66. The number of nitrogens with zero attached hydrogens (tertiary/aromatic N) is 5. The van der Waals surface area contributed by atoms with Crippen LogP contribution in [-0.2, 0) is 11.2 Å². The lowest BCUT2D eigenvalue weighted by molar-refractivity contribution is 0.122. The number of ether oxygens (including phenoxy) is 2. The highest BCUT2D eigenvalue weighted by Crippen LogP contribution is 2.35. The van der Waals surface area contributed by atoms with Crippen LogP contribution in [0.2, 0.25) is 0 Å². The van der Waals surface area contributed by atoms with Crippen LogP contribution in [0.1, 0.15) is 35.6 Å². The summed E-state index contributed by atoms with van der Waals surface area (Å²) in [4.78, 5) is 6.81. The molecule has 3 heterocycles. The molecule has 2 aromatic carbocycles. The van der Waals surface area contributed by atoms with E-state index in [0.717, 1.165) is 73.7 Å². The Bertz CT molecular complexity index is 1380. The summed E-state index contributed by atoms with van der Waals surface area (Å²) in [6, 6.07) is 18.4. The van der Waals surface area contributed by atoms with Crippen LogP contribution >= 0.6 is 0 Å². The largest absolute Gasteiger partial charge is 0.486 e. The van der Waals surface area contributed by atoms with E-state index < -0.39 is 0 Å². The summed E-state index contributed by atoms with van der Waals surface area (Å²) in [5.74, 6) is 1.76. The van der Waals surface area contributed by atoms with Crippen molar-refractivity contribution in [2.24, 2.45) is 0 Å². The normalized spacial score (nSPS) is 17.9. The van der Waals surface area contributed by atoms with Crippen molar-refractivity contribution in [3.63, 3.8) is 0 Å². The van der Waals surface area contributed by atoms with E-state index >= 15 is 0 Å². The Morgan fingerprint density at radius 3 is 2.85 bits per heavy atom. The highest BCUT2D eigenvalue weighted by molar-refractivity contribution is 5.82. The van der Waals surface area contributed by atoms with Gasteiger partial charge in [-0.3, -0.25) is 0 Å². The minimum absolute atomic E-state index is 0.0147. The number of pyridine rings is 1. The average Bonchev–Trinajstić information content (AvgIpc) is 3.32. The van der Waals surface area contributed by atoms with Crippen molar-refractivity contribution in [3.05, 3.63) is 77.6 Å². The second kappa shape index (κ2) is 8.81. The summed E-state index contributed by atoms with van der Waals surface area (Å²) in [6.07, 6.45) is 6.70. The monoisotopic (exact) mass is 451 g/mol. The molecule has 0 radical (unpaired) electrons. The maximum Gasteiger partial charge on any atom is 0.130 e. The van der Waals surface area contributed by atoms with Gasteiger partial charge in [-0.1, -0.05) is 6.07 Å². The van der Waals surface area contributed by atoms with E-state index in [1.54, 1.807) is 0 Å². The van der Waals surface area contributed by atoms with Crippen LogP contribution in [-0.4, -0.2) is 41.1 Å². The minimum Gasteiger partial charge on any atom is -0.486 e. The Morgan fingerprint density at radius 1 is 1.06 bits per heavy atom. The third-order valence-corrected chi connectivity index (χ3v) is 6.66. The van der Waals surface area contributed by atoms with Crippen molar-refractivity contribution in [2.75, 3.05) is 31.2 Å². The molecule has 0 spiro atoms.